The van der Waals surface area contributed by atoms with Gasteiger partial charge in [0.2, 0.25) is 0 Å². The minimum atomic E-state index is 0.0458. The lowest BCUT2D eigenvalue weighted by molar-refractivity contribution is -0.00838. The number of rotatable bonds is 3. The van der Waals surface area contributed by atoms with Crippen molar-refractivity contribution in [2.45, 2.75) is 19.9 Å². The van der Waals surface area contributed by atoms with E-state index >= 15 is 0 Å². The van der Waals surface area contributed by atoms with Crippen LogP contribution in [0.25, 0.3) is 0 Å². The van der Waals surface area contributed by atoms with Crippen LogP contribution in [0.5, 0.6) is 0 Å². The van der Waals surface area contributed by atoms with Crippen LogP contribution in [0.1, 0.15) is 21.9 Å². The Kier molecular flexibility index (Phi) is 4.27. The Bertz CT molecular complexity index is 454. The van der Waals surface area contributed by atoms with Crippen LogP contribution in [0.3, 0.4) is 0 Å². The van der Waals surface area contributed by atoms with Crippen LogP contribution in [-0.2, 0) is 4.74 Å². The predicted molar refractivity (Wildman–Crippen MR) is 72.4 cm³/mol. The van der Waals surface area contributed by atoms with Gasteiger partial charge in [-0.2, -0.15) is 0 Å². The second kappa shape index (κ2) is 5.75. The molecule has 1 fully saturated rings. The summed E-state index contributed by atoms with van der Waals surface area (Å²) < 4.78 is 10.9. The molecule has 19 heavy (non-hydrogen) atoms. The van der Waals surface area contributed by atoms with Gasteiger partial charge in [-0.3, -0.25) is 4.79 Å². The molecule has 1 aliphatic heterocycles. The molecule has 1 saturated heterocycles. The van der Waals surface area contributed by atoms with Gasteiger partial charge in [0.1, 0.15) is 11.5 Å². The molecule has 0 bridgehead atoms. The van der Waals surface area contributed by atoms with Crippen molar-refractivity contribution >= 4 is 5.91 Å². The number of likely N-dealkylation sites (N-methyl/N-ethyl adjacent to an activating group) is 1. The molecule has 1 atom stereocenters. The number of hydrogen-bond donors (Lipinski definition) is 0. The second-order valence-corrected chi connectivity index (χ2v) is 5.32. The van der Waals surface area contributed by atoms with E-state index in [4.69, 9.17) is 9.15 Å². The summed E-state index contributed by atoms with van der Waals surface area (Å²) in [4.78, 5) is 16.6. The summed E-state index contributed by atoms with van der Waals surface area (Å²) in [6.07, 6.45) is 0. The van der Waals surface area contributed by atoms with Crippen molar-refractivity contribution in [3.63, 3.8) is 0 Å². The van der Waals surface area contributed by atoms with Gasteiger partial charge >= 0.3 is 0 Å². The Morgan fingerprint density at radius 2 is 2.21 bits per heavy atom. The first-order valence-electron chi connectivity index (χ1n) is 6.59. The zero-order chi connectivity index (χ0) is 14.0. The maximum Gasteiger partial charge on any atom is 0.257 e. The number of amides is 1. The normalized spacial score (nSPS) is 20.1. The Balaban J connectivity index is 2.17. The highest BCUT2D eigenvalue weighted by atomic mass is 16.5. The van der Waals surface area contributed by atoms with Crippen LogP contribution in [0.2, 0.25) is 0 Å². The average Bonchev–Trinajstić information content (AvgIpc) is 2.67. The summed E-state index contributed by atoms with van der Waals surface area (Å²) in [5.41, 5.74) is 0.670. The number of aryl methyl sites for hydroxylation is 2. The highest BCUT2D eigenvalue weighted by molar-refractivity contribution is 5.95. The number of hydrogen-bond acceptors (Lipinski definition) is 4. The summed E-state index contributed by atoms with van der Waals surface area (Å²) >= 11 is 0. The van der Waals surface area contributed by atoms with Crippen molar-refractivity contribution in [2.24, 2.45) is 0 Å². The quantitative estimate of drug-likeness (QED) is 0.827. The molecule has 1 aromatic heterocycles. The van der Waals surface area contributed by atoms with Gasteiger partial charge in [0.15, 0.2) is 0 Å². The highest BCUT2D eigenvalue weighted by Gasteiger charge is 2.30. The molecule has 2 heterocycles. The molecule has 0 aromatic carbocycles. The Hall–Kier alpha value is -1.33. The minimum absolute atomic E-state index is 0.0458. The molecule has 2 rings (SSSR count). The fourth-order valence-corrected chi connectivity index (χ4v) is 2.49. The van der Waals surface area contributed by atoms with Crippen LogP contribution >= 0.6 is 0 Å². The molecule has 1 aromatic rings. The molecule has 0 aliphatic carbocycles. The molecule has 1 unspecified atom stereocenters. The molecule has 1 aliphatic rings. The van der Waals surface area contributed by atoms with E-state index in [1.54, 1.807) is 0 Å². The Labute approximate surface area is 114 Å². The largest absolute Gasteiger partial charge is 0.466 e. The maximum absolute atomic E-state index is 12.6. The van der Waals surface area contributed by atoms with E-state index in [1.807, 2.05) is 38.9 Å². The molecule has 0 radical (unpaired) electrons. The van der Waals surface area contributed by atoms with Crippen molar-refractivity contribution in [1.29, 1.82) is 0 Å². The van der Waals surface area contributed by atoms with Crippen LogP contribution in [0.15, 0.2) is 10.5 Å². The number of furan rings is 1. The van der Waals surface area contributed by atoms with E-state index in [1.165, 1.54) is 0 Å². The van der Waals surface area contributed by atoms with Crippen molar-refractivity contribution in [3.8, 4) is 0 Å². The lowest BCUT2D eigenvalue weighted by atomic mass is 10.1. The second-order valence-electron chi connectivity index (χ2n) is 5.32. The SMILES string of the molecule is Cc1cc(C(=O)N2CCOCC2CN(C)C)c(C)o1. The minimum Gasteiger partial charge on any atom is -0.466 e. The third-order valence-corrected chi connectivity index (χ3v) is 3.34. The molecule has 0 spiro atoms. The number of morpholine rings is 1. The van der Waals surface area contributed by atoms with E-state index in [0.29, 0.717) is 31.1 Å². The monoisotopic (exact) mass is 266 g/mol. The number of carbonyl (C=O) groups excluding carboxylic acids is 1. The van der Waals surface area contributed by atoms with Gasteiger partial charge in [0.25, 0.3) is 5.91 Å². The third-order valence-electron chi connectivity index (χ3n) is 3.34. The first kappa shape index (κ1) is 14.1. The van der Waals surface area contributed by atoms with Gasteiger partial charge in [-0.1, -0.05) is 0 Å². The van der Waals surface area contributed by atoms with E-state index in [-0.39, 0.29) is 11.9 Å². The van der Waals surface area contributed by atoms with Crippen LogP contribution < -0.4 is 0 Å². The highest BCUT2D eigenvalue weighted by Crippen LogP contribution is 2.19. The first-order valence-corrected chi connectivity index (χ1v) is 6.59. The molecule has 5 nitrogen and oxygen atoms in total. The topological polar surface area (TPSA) is 45.9 Å². The lowest BCUT2D eigenvalue weighted by Gasteiger charge is -2.36. The van der Waals surface area contributed by atoms with E-state index < -0.39 is 0 Å². The van der Waals surface area contributed by atoms with Gasteiger partial charge in [-0.25, -0.2) is 0 Å². The van der Waals surface area contributed by atoms with Gasteiger partial charge < -0.3 is 19.0 Å². The number of nitrogens with zero attached hydrogens (tertiary/aromatic N) is 2. The Morgan fingerprint density at radius 1 is 1.47 bits per heavy atom. The number of carbonyl (C=O) groups is 1. The van der Waals surface area contributed by atoms with Gasteiger partial charge in [-0.05, 0) is 34.0 Å². The van der Waals surface area contributed by atoms with Crippen LogP contribution in [0.4, 0.5) is 0 Å². The standard InChI is InChI=1S/C14H22N2O3/c1-10-7-13(11(2)19-10)14(17)16-5-6-18-9-12(16)8-15(3)4/h7,12H,5-6,8-9H2,1-4H3. The average molecular weight is 266 g/mol. The van der Waals surface area contributed by atoms with Crippen molar-refractivity contribution in [3.05, 3.63) is 23.2 Å². The zero-order valence-corrected chi connectivity index (χ0v) is 12.1. The molecule has 0 saturated carbocycles. The predicted octanol–water partition coefficient (Wildman–Crippen LogP) is 1.30. The molecular formula is C14H22N2O3. The van der Waals surface area contributed by atoms with Crippen LogP contribution in [-0.4, -0.2) is 62.1 Å². The summed E-state index contributed by atoms with van der Waals surface area (Å²) in [5.74, 6) is 1.51. The summed E-state index contributed by atoms with van der Waals surface area (Å²) in [7, 11) is 4.01. The van der Waals surface area contributed by atoms with Gasteiger partial charge in [-0.15, -0.1) is 0 Å². The van der Waals surface area contributed by atoms with E-state index in [9.17, 15) is 4.79 Å². The summed E-state index contributed by atoms with van der Waals surface area (Å²) in [6.45, 7) is 6.34. The molecule has 106 valence electrons. The summed E-state index contributed by atoms with van der Waals surface area (Å²) in [5, 5.41) is 0. The van der Waals surface area contributed by atoms with Crippen molar-refractivity contribution in [2.75, 3.05) is 40.4 Å². The fraction of sp³-hybridized carbons (Fsp3) is 0.643. The third kappa shape index (κ3) is 3.16. The van der Waals surface area contributed by atoms with Crippen LogP contribution in [0, 0.1) is 13.8 Å². The van der Waals surface area contributed by atoms with Gasteiger partial charge in [0, 0.05) is 13.1 Å². The van der Waals surface area contributed by atoms with E-state index in [0.717, 1.165) is 12.3 Å². The zero-order valence-electron chi connectivity index (χ0n) is 12.1. The summed E-state index contributed by atoms with van der Waals surface area (Å²) in [6, 6.07) is 1.92. The Morgan fingerprint density at radius 3 is 2.79 bits per heavy atom. The smallest absolute Gasteiger partial charge is 0.257 e. The number of ether oxygens (including phenoxy) is 1. The molecule has 1 amide bonds. The fourth-order valence-electron chi connectivity index (χ4n) is 2.49. The van der Waals surface area contributed by atoms with Crippen molar-refractivity contribution < 1.29 is 13.9 Å². The molecular weight excluding hydrogens is 244 g/mol. The van der Waals surface area contributed by atoms with E-state index in [2.05, 4.69) is 4.90 Å². The maximum atomic E-state index is 12.6. The van der Waals surface area contributed by atoms with Gasteiger partial charge in [0.05, 0.1) is 24.8 Å². The molecule has 5 heteroatoms. The van der Waals surface area contributed by atoms with Crippen molar-refractivity contribution in [1.82, 2.24) is 9.80 Å². The first-order chi connectivity index (χ1) is 8.99. The molecule has 0 N–H and O–H groups in total. The lowest BCUT2D eigenvalue weighted by Crippen LogP contribution is -2.52.